The van der Waals surface area contributed by atoms with Gasteiger partial charge in [0.2, 0.25) is 0 Å². The lowest BCUT2D eigenvalue weighted by Gasteiger charge is -2.33. The van der Waals surface area contributed by atoms with Crippen LogP contribution in [0, 0.1) is 0 Å². The zero-order valence-electron chi connectivity index (χ0n) is 28.3. The molecule has 3 aromatic rings. The molecule has 4 rings (SSSR count). The predicted molar refractivity (Wildman–Crippen MR) is 176 cm³/mol. The molecular formula is C33H39NO13P+. The summed E-state index contributed by atoms with van der Waals surface area (Å²) in [4.78, 5) is 45.0. The quantitative estimate of drug-likeness (QED) is 0.130. The van der Waals surface area contributed by atoms with E-state index in [1.165, 1.54) is 64.0 Å². The van der Waals surface area contributed by atoms with Gasteiger partial charge in [0.25, 0.3) is 11.8 Å². The number of hydroxylamine groups is 2. The van der Waals surface area contributed by atoms with Crippen molar-refractivity contribution in [2.75, 3.05) is 70.2 Å². The summed E-state index contributed by atoms with van der Waals surface area (Å²) < 4.78 is 52.7. The molecule has 0 aromatic heterocycles. The van der Waals surface area contributed by atoms with Gasteiger partial charge in [-0.3, -0.25) is 9.59 Å². The normalized spacial score (nSPS) is 12.7. The topological polar surface area (TPSA) is 147 Å². The number of ether oxygens (including phenoxy) is 9. The number of rotatable bonds is 15. The van der Waals surface area contributed by atoms with Crippen LogP contribution in [0.5, 0.6) is 51.7 Å². The van der Waals surface area contributed by atoms with Gasteiger partial charge in [0.15, 0.2) is 56.6 Å². The Kier molecular flexibility index (Phi) is 11.3. The molecule has 2 amide bonds. The first kappa shape index (κ1) is 35.7. The molecule has 15 heteroatoms. The van der Waals surface area contributed by atoms with Crippen molar-refractivity contribution >= 4 is 41.0 Å². The highest BCUT2D eigenvalue weighted by Gasteiger charge is 2.60. The number of carbonyl (C=O) groups is 3. The average molecular weight is 698 g/mol. The second-order valence-corrected chi connectivity index (χ2v) is 13.4. The molecule has 0 atom stereocenters. The fourth-order valence-electron chi connectivity index (χ4n) is 5.65. The van der Waals surface area contributed by atoms with Crippen LogP contribution < -0.4 is 58.5 Å². The fourth-order valence-corrected chi connectivity index (χ4v) is 10.4. The van der Waals surface area contributed by atoms with Crippen LogP contribution in [0.3, 0.4) is 0 Å². The summed E-state index contributed by atoms with van der Waals surface area (Å²) >= 11 is 0. The van der Waals surface area contributed by atoms with Crippen LogP contribution in [-0.2, 0) is 19.2 Å². The van der Waals surface area contributed by atoms with Gasteiger partial charge in [-0.1, -0.05) is 0 Å². The van der Waals surface area contributed by atoms with Crippen LogP contribution in [0.2, 0.25) is 0 Å². The molecule has 0 radical (unpaired) electrons. The lowest BCUT2D eigenvalue weighted by atomic mass is 10.3. The van der Waals surface area contributed by atoms with E-state index < -0.39 is 31.2 Å². The van der Waals surface area contributed by atoms with Crippen molar-refractivity contribution in [3.8, 4) is 51.7 Å². The molecule has 1 aliphatic rings. The van der Waals surface area contributed by atoms with Gasteiger partial charge in [0.1, 0.15) is 24.5 Å². The molecule has 0 bridgehead atoms. The van der Waals surface area contributed by atoms with Crippen LogP contribution in [0.15, 0.2) is 36.4 Å². The second-order valence-electron chi connectivity index (χ2n) is 10.2. The molecule has 14 nitrogen and oxygen atoms in total. The van der Waals surface area contributed by atoms with Crippen molar-refractivity contribution in [3.05, 3.63) is 36.4 Å². The summed E-state index contributed by atoms with van der Waals surface area (Å²) in [7, 11) is 9.44. The third-order valence-electron chi connectivity index (χ3n) is 7.78. The van der Waals surface area contributed by atoms with Crippen molar-refractivity contribution in [3.63, 3.8) is 0 Å². The van der Waals surface area contributed by atoms with Gasteiger partial charge in [0, 0.05) is 49.2 Å². The Bertz CT molecular complexity index is 1450. The van der Waals surface area contributed by atoms with Crippen LogP contribution in [0.25, 0.3) is 0 Å². The third kappa shape index (κ3) is 6.40. The highest BCUT2D eigenvalue weighted by Crippen LogP contribution is 2.66. The van der Waals surface area contributed by atoms with E-state index in [1.54, 1.807) is 36.4 Å². The van der Waals surface area contributed by atoms with Crippen molar-refractivity contribution in [1.29, 1.82) is 0 Å². The largest absolute Gasteiger partial charge is 0.496 e. The van der Waals surface area contributed by atoms with Crippen molar-refractivity contribution < 1.29 is 61.9 Å². The van der Waals surface area contributed by atoms with Crippen LogP contribution >= 0.6 is 7.26 Å². The Balaban J connectivity index is 2.32. The number of carbonyl (C=O) groups excluding carboxylic acids is 3. The molecule has 3 aromatic carbocycles. The van der Waals surface area contributed by atoms with E-state index in [1.807, 2.05) is 0 Å². The lowest BCUT2D eigenvalue weighted by Crippen LogP contribution is -2.41. The van der Waals surface area contributed by atoms with E-state index >= 15 is 0 Å². The number of hydrogen-bond acceptors (Lipinski definition) is 13. The van der Waals surface area contributed by atoms with Gasteiger partial charge in [-0.2, -0.15) is 0 Å². The zero-order chi connectivity index (χ0) is 35.2. The Morgan fingerprint density at radius 2 is 0.792 bits per heavy atom. The number of methoxy groups -OCH3 is 9. The molecule has 0 spiro atoms. The highest BCUT2D eigenvalue weighted by atomic mass is 31.2. The Hall–Kier alpha value is -5.10. The number of nitrogens with zero attached hydrogens (tertiary/aromatic N) is 1. The summed E-state index contributed by atoms with van der Waals surface area (Å²) in [6.45, 7) is 0. The summed E-state index contributed by atoms with van der Waals surface area (Å²) in [6.07, 6.45) is -0.694. The molecule has 0 N–H and O–H groups in total. The fraction of sp³-hybridized carbons (Fsp3) is 0.364. The van der Waals surface area contributed by atoms with E-state index in [4.69, 9.17) is 47.5 Å². The monoisotopic (exact) mass is 697 g/mol. The van der Waals surface area contributed by atoms with Gasteiger partial charge in [-0.15, -0.1) is 5.06 Å². The Morgan fingerprint density at radius 3 is 1.02 bits per heavy atom. The molecule has 48 heavy (non-hydrogen) atoms. The van der Waals surface area contributed by atoms with Crippen LogP contribution in [-0.4, -0.2) is 93.0 Å². The number of hydrogen-bond donors (Lipinski definition) is 0. The first-order valence-corrected chi connectivity index (χ1v) is 16.4. The van der Waals surface area contributed by atoms with Crippen LogP contribution in [0.4, 0.5) is 0 Å². The average Bonchev–Trinajstić information content (AvgIpc) is 3.43. The summed E-state index contributed by atoms with van der Waals surface area (Å²) in [5.41, 5.74) is 0. The lowest BCUT2D eigenvalue weighted by molar-refractivity contribution is -0.195. The number of imide groups is 1. The molecule has 0 aliphatic carbocycles. The molecule has 1 heterocycles. The molecule has 1 saturated heterocycles. The minimum absolute atomic E-state index is 0.0905. The second kappa shape index (κ2) is 15.2. The summed E-state index contributed by atoms with van der Waals surface area (Å²) in [6, 6.07) is 9.81. The van der Waals surface area contributed by atoms with E-state index in [-0.39, 0.29) is 47.3 Å². The molecule has 1 aliphatic heterocycles. The summed E-state index contributed by atoms with van der Waals surface area (Å²) in [5.74, 6) is 0.457. The van der Waals surface area contributed by atoms with Gasteiger partial charge in [-0.05, 0) is 0 Å². The maximum atomic E-state index is 14.3. The number of benzene rings is 3. The van der Waals surface area contributed by atoms with E-state index in [0.29, 0.717) is 38.2 Å². The van der Waals surface area contributed by atoms with E-state index in [0.717, 1.165) is 0 Å². The van der Waals surface area contributed by atoms with Crippen LogP contribution in [0.1, 0.15) is 12.8 Å². The first-order chi connectivity index (χ1) is 23.1. The smallest absolute Gasteiger partial charge is 0.371 e. The molecular weight excluding hydrogens is 658 g/mol. The van der Waals surface area contributed by atoms with E-state index in [2.05, 4.69) is 0 Å². The highest BCUT2D eigenvalue weighted by molar-refractivity contribution is 7.97. The summed E-state index contributed by atoms with van der Waals surface area (Å²) in [5, 5.41) is 1.60. The van der Waals surface area contributed by atoms with Crippen molar-refractivity contribution in [2.24, 2.45) is 0 Å². The molecule has 1 fully saturated rings. The maximum Gasteiger partial charge on any atom is 0.371 e. The molecule has 258 valence electrons. The minimum Gasteiger partial charge on any atom is -0.496 e. The van der Waals surface area contributed by atoms with Gasteiger partial charge in [-0.25, -0.2) is 4.79 Å². The van der Waals surface area contributed by atoms with Gasteiger partial charge in [0.05, 0.1) is 64.0 Å². The van der Waals surface area contributed by atoms with Crippen molar-refractivity contribution in [2.45, 2.75) is 12.8 Å². The molecule has 0 saturated carbocycles. The standard InChI is InChI=1S/C33H39NO13P/c1-38-19-12-22(41-4)31(23(13-19)42-5)48(18-30(37)47-34-28(35)10-11-29(34)36,32-24(43-6)14-20(39-2)15-25(32)44-7)33-26(45-8)16-21(40-3)17-27(33)46-9/h12-17H,10-11,18H2,1-9H3/q+1/i1+1,2+1,3+1,4+1,5+1,6+1,7+1,8+1,9+1. The molecule has 0 unspecified atom stereocenters. The SMILES string of the molecule is [13CH3]Oc1cc(O[13CH3])c([P+](CC(=O)ON2C(=O)CCC2=O)(c2c(O[13CH3])cc(O[13CH3])cc2O[13CH3])c2c(O[13CH3])cc(O[13CH3])cc2O[13CH3])c(O[13CH3])c1. The van der Waals surface area contributed by atoms with E-state index in [9.17, 15) is 14.4 Å². The predicted octanol–water partition coefficient (Wildman–Crippen LogP) is 2.67. The first-order valence-electron chi connectivity index (χ1n) is 14.5. The zero-order valence-corrected chi connectivity index (χ0v) is 29.2. The Labute approximate surface area is 278 Å². The Morgan fingerprint density at radius 1 is 0.521 bits per heavy atom. The van der Waals surface area contributed by atoms with Gasteiger partial charge < -0.3 is 47.5 Å². The number of amides is 2. The minimum atomic E-state index is -3.76. The third-order valence-corrected chi connectivity index (χ3v) is 12.1. The van der Waals surface area contributed by atoms with Gasteiger partial charge >= 0.3 is 5.97 Å². The maximum absolute atomic E-state index is 14.3. The van der Waals surface area contributed by atoms with Crippen molar-refractivity contribution in [1.82, 2.24) is 5.06 Å².